The Bertz CT molecular complexity index is 1070. The van der Waals surface area contributed by atoms with Crippen molar-refractivity contribution in [2.45, 2.75) is 27.2 Å². The van der Waals surface area contributed by atoms with E-state index >= 15 is 0 Å². The van der Waals surface area contributed by atoms with Gasteiger partial charge in [0.2, 0.25) is 5.13 Å². The molecule has 0 saturated carbocycles. The van der Waals surface area contributed by atoms with E-state index in [1.165, 1.54) is 17.1 Å². The molecule has 0 radical (unpaired) electrons. The molecular formula is C23H26Cl2N4O2S. The van der Waals surface area contributed by atoms with E-state index in [-0.39, 0.29) is 0 Å². The van der Waals surface area contributed by atoms with Gasteiger partial charge in [-0.05, 0) is 63.1 Å². The summed E-state index contributed by atoms with van der Waals surface area (Å²) in [4.78, 5) is 4.49. The van der Waals surface area contributed by atoms with Crippen LogP contribution in [-0.4, -0.2) is 29.1 Å². The van der Waals surface area contributed by atoms with E-state index in [9.17, 15) is 0 Å². The summed E-state index contributed by atoms with van der Waals surface area (Å²) in [6.07, 6.45) is 2.76. The van der Waals surface area contributed by atoms with E-state index in [1.807, 2.05) is 45.0 Å². The first-order chi connectivity index (χ1) is 15.5. The average Bonchev–Trinajstić information content (AvgIpc) is 3.19. The number of halogens is 2. The number of hydrogen-bond acceptors (Lipinski definition) is 7. The molecule has 170 valence electrons. The van der Waals surface area contributed by atoms with Gasteiger partial charge in [0.15, 0.2) is 17.3 Å². The van der Waals surface area contributed by atoms with Crippen molar-refractivity contribution in [1.29, 1.82) is 0 Å². The van der Waals surface area contributed by atoms with Crippen molar-refractivity contribution in [3.8, 4) is 11.5 Å². The molecule has 0 aliphatic heterocycles. The molecule has 0 saturated heterocycles. The van der Waals surface area contributed by atoms with Crippen molar-refractivity contribution in [2.24, 2.45) is 0 Å². The Morgan fingerprint density at radius 1 is 1.06 bits per heavy atom. The van der Waals surface area contributed by atoms with E-state index < -0.39 is 0 Å². The Morgan fingerprint density at radius 2 is 1.84 bits per heavy atom. The fraction of sp³-hybridized carbons (Fsp3) is 0.304. The standard InChI is InChI=1S/C23H26Cl2N4O2S/c1-4-30-20-9-6-16(13-21(20)31-5-2)10-11-26-15(3)12-22-28-23(32-29-22)27-19-8-7-17(24)14-18(19)25/h6-9,12-14,26H,4-5,10-11H2,1-3H3,(H,27,28,29)/b15-12+. The Morgan fingerprint density at radius 3 is 2.59 bits per heavy atom. The first-order valence-electron chi connectivity index (χ1n) is 10.3. The van der Waals surface area contributed by atoms with Crippen LogP contribution in [0.3, 0.4) is 0 Å². The molecule has 0 fully saturated rings. The number of rotatable bonds is 11. The highest BCUT2D eigenvalue weighted by Crippen LogP contribution is 2.30. The van der Waals surface area contributed by atoms with Gasteiger partial charge in [0, 0.05) is 34.9 Å². The summed E-state index contributed by atoms with van der Waals surface area (Å²) in [5, 5.41) is 8.35. The van der Waals surface area contributed by atoms with Crippen molar-refractivity contribution >= 4 is 51.6 Å². The molecule has 0 unspecified atom stereocenters. The third-order valence-electron chi connectivity index (χ3n) is 4.39. The summed E-state index contributed by atoms with van der Waals surface area (Å²) in [5.41, 5.74) is 2.89. The molecule has 0 amide bonds. The first kappa shape index (κ1) is 24.2. The van der Waals surface area contributed by atoms with Gasteiger partial charge >= 0.3 is 0 Å². The Hall–Kier alpha value is -2.48. The predicted octanol–water partition coefficient (Wildman–Crippen LogP) is 6.58. The van der Waals surface area contributed by atoms with Crippen LogP contribution in [0.2, 0.25) is 10.0 Å². The molecule has 2 N–H and O–H groups in total. The second-order valence-electron chi connectivity index (χ2n) is 6.86. The number of allylic oxidation sites excluding steroid dienone is 1. The number of benzene rings is 2. The molecule has 3 rings (SSSR count). The molecule has 32 heavy (non-hydrogen) atoms. The van der Waals surface area contributed by atoms with E-state index in [4.69, 9.17) is 32.7 Å². The lowest BCUT2D eigenvalue weighted by Crippen LogP contribution is -2.15. The van der Waals surface area contributed by atoms with Gasteiger partial charge in [-0.25, -0.2) is 0 Å². The van der Waals surface area contributed by atoms with Crippen molar-refractivity contribution in [3.63, 3.8) is 0 Å². The lowest BCUT2D eigenvalue weighted by Gasteiger charge is -2.13. The van der Waals surface area contributed by atoms with Crippen molar-refractivity contribution in [3.05, 3.63) is 63.5 Å². The van der Waals surface area contributed by atoms with Crippen molar-refractivity contribution < 1.29 is 9.47 Å². The van der Waals surface area contributed by atoms with Crippen LogP contribution in [0, 0.1) is 0 Å². The van der Waals surface area contributed by atoms with E-state index in [2.05, 4.69) is 26.1 Å². The van der Waals surface area contributed by atoms with Crippen LogP contribution < -0.4 is 20.1 Å². The number of nitrogens with zero attached hydrogens (tertiary/aromatic N) is 2. The van der Waals surface area contributed by atoms with Gasteiger partial charge < -0.3 is 20.1 Å². The lowest BCUT2D eigenvalue weighted by molar-refractivity contribution is 0.287. The van der Waals surface area contributed by atoms with Gasteiger partial charge in [0.1, 0.15) is 0 Å². The molecule has 2 aromatic carbocycles. The second kappa shape index (κ2) is 11.9. The summed E-state index contributed by atoms with van der Waals surface area (Å²) in [7, 11) is 0. The number of nitrogens with one attached hydrogen (secondary N) is 2. The van der Waals surface area contributed by atoms with Gasteiger partial charge in [0.05, 0.1) is 23.9 Å². The summed E-state index contributed by atoms with van der Waals surface area (Å²) in [6.45, 7) is 7.91. The van der Waals surface area contributed by atoms with Crippen LogP contribution in [0.1, 0.15) is 32.2 Å². The van der Waals surface area contributed by atoms with Gasteiger partial charge in [-0.1, -0.05) is 29.3 Å². The van der Waals surface area contributed by atoms with Gasteiger partial charge in [-0.2, -0.15) is 9.36 Å². The van der Waals surface area contributed by atoms with Gasteiger partial charge in [0.25, 0.3) is 0 Å². The maximum atomic E-state index is 6.20. The summed E-state index contributed by atoms with van der Waals surface area (Å²) in [5.74, 6) is 2.19. The van der Waals surface area contributed by atoms with Crippen LogP contribution in [0.5, 0.6) is 11.5 Å². The minimum absolute atomic E-state index is 0.532. The fourth-order valence-electron chi connectivity index (χ4n) is 2.95. The van der Waals surface area contributed by atoms with Crippen molar-refractivity contribution in [1.82, 2.24) is 14.7 Å². The summed E-state index contributed by atoms with van der Waals surface area (Å²) in [6, 6.07) is 11.3. The third-order valence-corrected chi connectivity index (χ3v) is 5.58. The van der Waals surface area contributed by atoms with Gasteiger partial charge in [-0.3, -0.25) is 0 Å². The van der Waals surface area contributed by atoms with E-state index in [1.54, 1.807) is 12.1 Å². The Kier molecular flexibility index (Phi) is 9.02. The number of aromatic nitrogens is 2. The lowest BCUT2D eigenvalue weighted by atomic mass is 10.1. The van der Waals surface area contributed by atoms with Crippen LogP contribution in [-0.2, 0) is 6.42 Å². The normalized spacial score (nSPS) is 11.3. The fourth-order valence-corrected chi connectivity index (χ4v) is 3.97. The summed E-state index contributed by atoms with van der Waals surface area (Å²) >= 11 is 13.4. The smallest absolute Gasteiger partial charge is 0.207 e. The maximum Gasteiger partial charge on any atom is 0.207 e. The zero-order chi connectivity index (χ0) is 22.9. The second-order valence-corrected chi connectivity index (χ2v) is 8.45. The number of anilines is 2. The molecule has 0 aliphatic rings. The van der Waals surface area contributed by atoms with Crippen LogP contribution in [0.4, 0.5) is 10.8 Å². The third kappa shape index (κ3) is 7.02. The van der Waals surface area contributed by atoms with E-state index in [0.717, 1.165) is 35.8 Å². The highest BCUT2D eigenvalue weighted by atomic mass is 35.5. The molecule has 0 bridgehead atoms. The number of hydrogen-bond donors (Lipinski definition) is 2. The molecule has 0 atom stereocenters. The summed E-state index contributed by atoms with van der Waals surface area (Å²) < 4.78 is 15.7. The van der Waals surface area contributed by atoms with Crippen molar-refractivity contribution in [2.75, 3.05) is 25.1 Å². The monoisotopic (exact) mass is 492 g/mol. The number of ether oxygens (including phenoxy) is 2. The topological polar surface area (TPSA) is 68.3 Å². The molecular weight excluding hydrogens is 467 g/mol. The van der Waals surface area contributed by atoms with Crippen LogP contribution in [0.25, 0.3) is 6.08 Å². The average molecular weight is 493 g/mol. The van der Waals surface area contributed by atoms with E-state index in [0.29, 0.717) is 34.2 Å². The Balaban J connectivity index is 1.54. The minimum atomic E-state index is 0.532. The SMILES string of the molecule is CCOc1ccc(CCN/C(C)=C/c2nsc(Nc3ccc(Cl)cc3Cl)n2)cc1OCC. The molecule has 6 nitrogen and oxygen atoms in total. The maximum absolute atomic E-state index is 6.20. The molecule has 1 aromatic heterocycles. The zero-order valence-electron chi connectivity index (χ0n) is 18.2. The van der Waals surface area contributed by atoms with Crippen LogP contribution >= 0.6 is 34.7 Å². The molecule has 9 heteroatoms. The highest BCUT2D eigenvalue weighted by Gasteiger charge is 2.08. The van der Waals surface area contributed by atoms with Crippen LogP contribution in [0.15, 0.2) is 42.1 Å². The quantitative estimate of drug-likeness (QED) is 0.315. The Labute approximate surface area is 202 Å². The molecule has 1 heterocycles. The molecule has 0 aliphatic carbocycles. The predicted molar refractivity (Wildman–Crippen MR) is 134 cm³/mol. The minimum Gasteiger partial charge on any atom is -0.490 e. The molecule has 3 aromatic rings. The zero-order valence-corrected chi connectivity index (χ0v) is 20.6. The molecule has 0 spiro atoms. The first-order valence-corrected chi connectivity index (χ1v) is 11.9. The van der Waals surface area contributed by atoms with Gasteiger partial charge in [-0.15, -0.1) is 0 Å². The largest absolute Gasteiger partial charge is 0.490 e. The highest BCUT2D eigenvalue weighted by molar-refractivity contribution is 7.09.